The van der Waals surface area contributed by atoms with Crippen LogP contribution in [0.2, 0.25) is 0 Å². The van der Waals surface area contributed by atoms with E-state index in [1.807, 2.05) is 0 Å². The van der Waals surface area contributed by atoms with Crippen molar-refractivity contribution in [3.63, 3.8) is 0 Å². The highest BCUT2D eigenvalue weighted by Gasteiger charge is 2.28. The number of hydrogen-bond acceptors (Lipinski definition) is 3. The fourth-order valence-electron chi connectivity index (χ4n) is 3.20. The highest BCUT2D eigenvalue weighted by Crippen LogP contribution is 2.31. The molecule has 1 aliphatic carbocycles. The molecule has 0 heterocycles. The number of rotatable bonds is 8. The summed E-state index contributed by atoms with van der Waals surface area (Å²) in [5.41, 5.74) is 6.30. The summed E-state index contributed by atoms with van der Waals surface area (Å²) in [5, 5.41) is 0. The van der Waals surface area contributed by atoms with Gasteiger partial charge in [0.05, 0.1) is 12.7 Å². The number of hydrogen-bond donors (Lipinski definition) is 1. The molecular formula is C16H34N2O. The molecule has 0 aromatic heterocycles. The summed E-state index contributed by atoms with van der Waals surface area (Å²) in [5.74, 6) is 1.59. The van der Waals surface area contributed by atoms with Crippen LogP contribution in [0.3, 0.4) is 0 Å². The molecule has 3 unspecified atom stereocenters. The first-order chi connectivity index (χ1) is 9.02. The molecule has 3 atom stereocenters. The molecule has 0 spiro atoms. The average molecular weight is 270 g/mol. The van der Waals surface area contributed by atoms with Gasteiger partial charge in [-0.05, 0) is 52.0 Å². The Morgan fingerprint density at radius 3 is 2.68 bits per heavy atom. The quantitative estimate of drug-likeness (QED) is 0.737. The van der Waals surface area contributed by atoms with Crippen LogP contribution in [0.1, 0.15) is 52.9 Å². The summed E-state index contributed by atoms with van der Waals surface area (Å²) < 4.78 is 5.62. The SMILES string of the molecule is CCCC1CCC(N)C(CN(C)CCOC(C)C)C1. The molecule has 2 N–H and O–H groups in total. The Bertz CT molecular complexity index is 233. The minimum atomic E-state index is 0.333. The van der Waals surface area contributed by atoms with Gasteiger partial charge in [0.2, 0.25) is 0 Å². The van der Waals surface area contributed by atoms with Gasteiger partial charge in [-0.3, -0.25) is 0 Å². The van der Waals surface area contributed by atoms with Gasteiger partial charge in [-0.15, -0.1) is 0 Å². The van der Waals surface area contributed by atoms with Gasteiger partial charge in [0, 0.05) is 19.1 Å². The summed E-state index contributed by atoms with van der Waals surface area (Å²) >= 11 is 0. The fourth-order valence-corrected chi connectivity index (χ4v) is 3.20. The summed E-state index contributed by atoms with van der Waals surface area (Å²) in [6.07, 6.45) is 6.90. The molecule has 1 fully saturated rings. The lowest BCUT2D eigenvalue weighted by atomic mass is 9.76. The van der Waals surface area contributed by atoms with Crippen molar-refractivity contribution in [2.75, 3.05) is 26.7 Å². The van der Waals surface area contributed by atoms with E-state index < -0.39 is 0 Å². The van der Waals surface area contributed by atoms with Crippen molar-refractivity contribution in [2.24, 2.45) is 17.6 Å². The predicted molar refractivity (Wildman–Crippen MR) is 82.3 cm³/mol. The van der Waals surface area contributed by atoms with E-state index in [2.05, 4.69) is 32.7 Å². The molecule has 0 amide bonds. The van der Waals surface area contributed by atoms with Gasteiger partial charge in [-0.2, -0.15) is 0 Å². The van der Waals surface area contributed by atoms with Gasteiger partial charge < -0.3 is 15.4 Å². The summed E-state index contributed by atoms with van der Waals surface area (Å²) in [6, 6.07) is 0.404. The van der Waals surface area contributed by atoms with Crippen LogP contribution >= 0.6 is 0 Å². The largest absolute Gasteiger partial charge is 0.377 e. The Labute approximate surface area is 119 Å². The van der Waals surface area contributed by atoms with E-state index in [0.717, 1.165) is 25.6 Å². The van der Waals surface area contributed by atoms with E-state index in [9.17, 15) is 0 Å². The van der Waals surface area contributed by atoms with E-state index in [-0.39, 0.29) is 0 Å². The highest BCUT2D eigenvalue weighted by molar-refractivity contribution is 4.84. The van der Waals surface area contributed by atoms with Crippen LogP contribution in [-0.4, -0.2) is 43.8 Å². The van der Waals surface area contributed by atoms with Gasteiger partial charge in [-0.1, -0.05) is 19.8 Å². The molecule has 3 heteroatoms. The Kier molecular flexibility index (Phi) is 7.96. The van der Waals surface area contributed by atoms with E-state index in [1.165, 1.54) is 32.1 Å². The first-order valence-corrected chi connectivity index (χ1v) is 8.08. The van der Waals surface area contributed by atoms with Gasteiger partial charge in [0.1, 0.15) is 0 Å². The number of nitrogens with two attached hydrogens (primary N) is 1. The molecular weight excluding hydrogens is 236 g/mol. The number of nitrogens with zero attached hydrogens (tertiary/aromatic N) is 1. The first kappa shape index (κ1) is 16.9. The minimum absolute atomic E-state index is 0.333. The van der Waals surface area contributed by atoms with Crippen LogP contribution in [0.15, 0.2) is 0 Å². The summed E-state index contributed by atoms with van der Waals surface area (Å²) in [7, 11) is 2.19. The van der Waals surface area contributed by atoms with Gasteiger partial charge >= 0.3 is 0 Å². The topological polar surface area (TPSA) is 38.5 Å². The summed E-state index contributed by atoms with van der Waals surface area (Å²) in [6.45, 7) is 9.44. The smallest absolute Gasteiger partial charge is 0.0596 e. The molecule has 0 bridgehead atoms. The van der Waals surface area contributed by atoms with E-state index in [1.54, 1.807) is 0 Å². The second-order valence-corrected chi connectivity index (χ2v) is 6.57. The molecule has 0 aromatic rings. The van der Waals surface area contributed by atoms with Crippen LogP contribution in [0, 0.1) is 11.8 Å². The second kappa shape index (κ2) is 8.93. The van der Waals surface area contributed by atoms with Crippen LogP contribution in [-0.2, 0) is 4.74 Å². The Hall–Kier alpha value is -0.120. The van der Waals surface area contributed by atoms with Crippen molar-refractivity contribution in [3.8, 4) is 0 Å². The highest BCUT2D eigenvalue weighted by atomic mass is 16.5. The standard InChI is InChI=1S/C16H34N2O/c1-5-6-14-7-8-16(17)15(11-14)12-18(4)9-10-19-13(2)3/h13-16H,5-12,17H2,1-4H3. The van der Waals surface area contributed by atoms with E-state index in [4.69, 9.17) is 10.5 Å². The lowest BCUT2D eigenvalue weighted by molar-refractivity contribution is 0.0573. The maximum atomic E-state index is 6.30. The number of likely N-dealkylation sites (N-methyl/N-ethyl adjacent to an activating group) is 1. The Balaban J connectivity index is 2.28. The maximum Gasteiger partial charge on any atom is 0.0596 e. The Morgan fingerprint density at radius 1 is 1.32 bits per heavy atom. The molecule has 0 aromatic carbocycles. The van der Waals surface area contributed by atoms with Crippen molar-refractivity contribution in [1.29, 1.82) is 0 Å². The third-order valence-electron chi connectivity index (χ3n) is 4.32. The van der Waals surface area contributed by atoms with Crippen molar-refractivity contribution in [3.05, 3.63) is 0 Å². The minimum Gasteiger partial charge on any atom is -0.377 e. The second-order valence-electron chi connectivity index (χ2n) is 6.57. The molecule has 0 saturated heterocycles. The molecule has 114 valence electrons. The third kappa shape index (κ3) is 6.73. The zero-order valence-electron chi connectivity index (χ0n) is 13.4. The van der Waals surface area contributed by atoms with Gasteiger partial charge in [-0.25, -0.2) is 0 Å². The van der Waals surface area contributed by atoms with Crippen molar-refractivity contribution < 1.29 is 4.74 Å². The molecule has 0 aliphatic heterocycles. The fraction of sp³-hybridized carbons (Fsp3) is 1.00. The molecule has 19 heavy (non-hydrogen) atoms. The normalized spacial score (nSPS) is 28.3. The zero-order chi connectivity index (χ0) is 14.3. The zero-order valence-corrected chi connectivity index (χ0v) is 13.4. The lowest BCUT2D eigenvalue weighted by Gasteiger charge is -2.36. The summed E-state index contributed by atoms with van der Waals surface area (Å²) in [4.78, 5) is 2.39. The van der Waals surface area contributed by atoms with Crippen LogP contribution in [0.25, 0.3) is 0 Å². The van der Waals surface area contributed by atoms with Crippen molar-refractivity contribution in [1.82, 2.24) is 4.90 Å². The number of ether oxygens (including phenoxy) is 1. The third-order valence-corrected chi connectivity index (χ3v) is 4.32. The van der Waals surface area contributed by atoms with Gasteiger partial charge in [0.15, 0.2) is 0 Å². The van der Waals surface area contributed by atoms with E-state index >= 15 is 0 Å². The van der Waals surface area contributed by atoms with Crippen LogP contribution < -0.4 is 5.73 Å². The molecule has 1 saturated carbocycles. The monoisotopic (exact) mass is 270 g/mol. The van der Waals surface area contributed by atoms with Crippen molar-refractivity contribution >= 4 is 0 Å². The molecule has 3 nitrogen and oxygen atoms in total. The predicted octanol–water partition coefficient (Wildman–Crippen LogP) is 2.89. The first-order valence-electron chi connectivity index (χ1n) is 8.08. The van der Waals surface area contributed by atoms with E-state index in [0.29, 0.717) is 18.1 Å². The lowest BCUT2D eigenvalue weighted by Crippen LogP contribution is -2.42. The van der Waals surface area contributed by atoms with Crippen molar-refractivity contribution in [2.45, 2.75) is 65.0 Å². The van der Waals surface area contributed by atoms with Gasteiger partial charge in [0.25, 0.3) is 0 Å². The van der Waals surface area contributed by atoms with Crippen LogP contribution in [0.4, 0.5) is 0 Å². The average Bonchev–Trinajstić information content (AvgIpc) is 2.33. The molecule has 1 aliphatic rings. The van der Waals surface area contributed by atoms with Crippen LogP contribution in [0.5, 0.6) is 0 Å². The maximum absolute atomic E-state index is 6.30. The Morgan fingerprint density at radius 2 is 2.05 bits per heavy atom. The molecule has 1 rings (SSSR count). The molecule has 0 radical (unpaired) electrons.